The van der Waals surface area contributed by atoms with Crippen LogP contribution in [0.4, 0.5) is 0 Å². The molecule has 0 atom stereocenters. The van der Waals surface area contributed by atoms with Crippen LogP contribution >= 0.6 is 0 Å². The number of quaternary nitrogens is 1. The van der Waals surface area contributed by atoms with Gasteiger partial charge in [-0.2, -0.15) is 0 Å². The molecule has 0 amide bonds. The van der Waals surface area contributed by atoms with Gasteiger partial charge in [0.1, 0.15) is 0 Å². The highest BCUT2D eigenvalue weighted by atomic mass is 16.3. The van der Waals surface area contributed by atoms with Gasteiger partial charge < -0.3 is 25.3 Å². The molecule has 0 aliphatic heterocycles. The van der Waals surface area contributed by atoms with Crippen molar-refractivity contribution in [3.05, 3.63) is 0 Å². The predicted molar refractivity (Wildman–Crippen MR) is 62.4 cm³/mol. The molecule has 0 aromatic heterocycles. The van der Waals surface area contributed by atoms with Crippen LogP contribution in [-0.2, 0) is 0 Å². The minimum atomic E-state index is 0. The van der Waals surface area contributed by atoms with Crippen LogP contribution in [0.2, 0.25) is 0 Å². The lowest BCUT2D eigenvalue weighted by Crippen LogP contribution is -2.50. The molecule has 0 heterocycles. The second-order valence-electron chi connectivity index (χ2n) is 4.06. The predicted octanol–water partition coefficient (Wildman–Crippen LogP) is -0.206. The van der Waals surface area contributed by atoms with Crippen LogP contribution in [0.3, 0.4) is 0 Å². The summed E-state index contributed by atoms with van der Waals surface area (Å²) >= 11 is 0. The second kappa shape index (κ2) is 11.3. The quantitative estimate of drug-likeness (QED) is 0.459. The van der Waals surface area contributed by atoms with Gasteiger partial charge in [0.25, 0.3) is 0 Å². The van der Waals surface area contributed by atoms with Crippen molar-refractivity contribution in [3.8, 4) is 0 Å². The highest BCUT2D eigenvalue weighted by Crippen LogP contribution is 2.11. The normalized spacial score (nSPS) is 11.2. The second-order valence-corrected chi connectivity index (χ2v) is 4.06. The van der Waals surface area contributed by atoms with Crippen LogP contribution in [0.1, 0.15) is 26.2 Å². The summed E-state index contributed by atoms with van der Waals surface area (Å²) in [6, 6.07) is 0. The molecule has 0 aliphatic carbocycles. The third-order valence-corrected chi connectivity index (χ3v) is 3.04. The van der Waals surface area contributed by atoms with Crippen molar-refractivity contribution in [2.75, 3.05) is 46.0 Å². The van der Waals surface area contributed by atoms with Crippen molar-refractivity contribution in [2.45, 2.75) is 26.2 Å². The first-order valence-corrected chi connectivity index (χ1v) is 5.92. The Hall–Kier alpha value is -0.200. The first-order valence-electron chi connectivity index (χ1n) is 5.92. The minimum absolute atomic E-state index is 0. The molecule has 0 bridgehead atoms. The number of rotatable bonds is 10. The smallest absolute Gasteiger partial charge is 0.0808 e. The molecule has 0 rings (SSSR count). The van der Waals surface area contributed by atoms with Crippen LogP contribution in [0.5, 0.6) is 0 Å². The Morgan fingerprint density at radius 3 is 1.25 bits per heavy atom. The van der Waals surface area contributed by atoms with E-state index in [1.807, 2.05) is 0 Å². The first kappa shape index (κ1) is 18.2. The fourth-order valence-electron chi connectivity index (χ4n) is 2.03. The van der Waals surface area contributed by atoms with E-state index in [0.717, 1.165) is 49.9 Å². The summed E-state index contributed by atoms with van der Waals surface area (Å²) in [5.74, 6) is 0. The Bertz CT molecular complexity index is 122. The lowest BCUT2D eigenvalue weighted by molar-refractivity contribution is -0.927. The SMILES string of the molecule is CC[N+](CCCO)(CCCO)CCCO.[OH-]. The number of nitrogens with zero attached hydrogens (tertiary/aromatic N) is 1. The summed E-state index contributed by atoms with van der Waals surface area (Å²) in [5.41, 5.74) is 0. The van der Waals surface area contributed by atoms with Crippen LogP contribution in [0.25, 0.3) is 0 Å². The maximum absolute atomic E-state index is 8.87. The molecule has 0 spiro atoms. The molecule has 5 nitrogen and oxygen atoms in total. The molecule has 4 N–H and O–H groups in total. The van der Waals surface area contributed by atoms with E-state index < -0.39 is 0 Å². The zero-order chi connectivity index (χ0) is 11.6. The average molecular weight is 237 g/mol. The molecular formula is C11H27NO4. The largest absolute Gasteiger partial charge is 0.870 e. The summed E-state index contributed by atoms with van der Waals surface area (Å²) < 4.78 is 0.904. The Balaban J connectivity index is 0. The standard InChI is InChI=1S/C11H26NO3.H2O/c1-2-12(6-3-9-13,7-4-10-14)8-5-11-15;/h13-15H,2-11H2,1H3;1H2/q+1;/p-1. The molecule has 0 unspecified atom stereocenters. The Kier molecular flexibility index (Phi) is 12.8. The van der Waals surface area contributed by atoms with Gasteiger partial charge in [-0.3, -0.25) is 0 Å². The fourth-order valence-corrected chi connectivity index (χ4v) is 2.03. The summed E-state index contributed by atoms with van der Waals surface area (Å²) in [7, 11) is 0. The van der Waals surface area contributed by atoms with Crippen molar-refractivity contribution < 1.29 is 25.3 Å². The molecule has 0 saturated heterocycles. The summed E-state index contributed by atoms with van der Waals surface area (Å²) in [5, 5.41) is 26.6. The van der Waals surface area contributed by atoms with Crippen molar-refractivity contribution >= 4 is 0 Å². The topological polar surface area (TPSA) is 90.7 Å². The highest BCUT2D eigenvalue weighted by Gasteiger charge is 2.23. The third kappa shape index (κ3) is 7.14. The van der Waals surface area contributed by atoms with E-state index in [1.165, 1.54) is 0 Å². The minimum Gasteiger partial charge on any atom is -0.870 e. The van der Waals surface area contributed by atoms with Crippen LogP contribution in [0.15, 0.2) is 0 Å². The van der Waals surface area contributed by atoms with Crippen LogP contribution in [0, 0.1) is 0 Å². The molecular weight excluding hydrogens is 210 g/mol. The average Bonchev–Trinajstić information content (AvgIpc) is 2.29. The van der Waals surface area contributed by atoms with Gasteiger partial charge in [-0.25, -0.2) is 0 Å². The van der Waals surface area contributed by atoms with Crippen LogP contribution in [-0.4, -0.2) is 71.3 Å². The molecule has 16 heavy (non-hydrogen) atoms. The highest BCUT2D eigenvalue weighted by molar-refractivity contribution is 4.46. The molecule has 0 aromatic rings. The first-order chi connectivity index (χ1) is 7.24. The number of aliphatic hydroxyl groups is 3. The molecule has 0 saturated carbocycles. The zero-order valence-electron chi connectivity index (χ0n) is 10.3. The maximum Gasteiger partial charge on any atom is 0.0808 e. The fraction of sp³-hybridized carbons (Fsp3) is 1.00. The maximum atomic E-state index is 8.87. The molecule has 0 fully saturated rings. The Morgan fingerprint density at radius 1 is 0.750 bits per heavy atom. The van der Waals surface area contributed by atoms with Gasteiger partial charge in [0.05, 0.1) is 26.2 Å². The van der Waals surface area contributed by atoms with Crippen LogP contribution < -0.4 is 0 Å². The van der Waals surface area contributed by atoms with Crippen molar-refractivity contribution in [1.82, 2.24) is 0 Å². The van der Waals surface area contributed by atoms with E-state index in [4.69, 9.17) is 15.3 Å². The molecule has 5 heteroatoms. The van der Waals surface area contributed by atoms with E-state index in [-0.39, 0.29) is 25.3 Å². The molecule has 0 aromatic carbocycles. The molecule has 0 radical (unpaired) electrons. The summed E-state index contributed by atoms with van der Waals surface area (Å²) in [4.78, 5) is 0. The van der Waals surface area contributed by atoms with Gasteiger partial charge in [-0.1, -0.05) is 0 Å². The Morgan fingerprint density at radius 2 is 1.06 bits per heavy atom. The van der Waals surface area contributed by atoms with E-state index in [9.17, 15) is 0 Å². The number of hydrogen-bond acceptors (Lipinski definition) is 4. The van der Waals surface area contributed by atoms with Gasteiger partial charge in [0.2, 0.25) is 0 Å². The summed E-state index contributed by atoms with van der Waals surface area (Å²) in [6.07, 6.45) is 2.39. The lowest BCUT2D eigenvalue weighted by Gasteiger charge is -2.37. The van der Waals surface area contributed by atoms with E-state index in [2.05, 4.69) is 6.92 Å². The zero-order valence-corrected chi connectivity index (χ0v) is 10.3. The van der Waals surface area contributed by atoms with Gasteiger partial charge in [0, 0.05) is 39.1 Å². The van der Waals surface area contributed by atoms with E-state index in [0.29, 0.717) is 0 Å². The van der Waals surface area contributed by atoms with Gasteiger partial charge in [0.15, 0.2) is 0 Å². The molecule has 0 aliphatic rings. The monoisotopic (exact) mass is 237 g/mol. The Labute approximate surface area is 98.2 Å². The van der Waals surface area contributed by atoms with E-state index in [1.54, 1.807) is 0 Å². The van der Waals surface area contributed by atoms with Crippen molar-refractivity contribution in [2.24, 2.45) is 0 Å². The summed E-state index contributed by atoms with van der Waals surface area (Å²) in [6.45, 7) is 6.61. The number of aliphatic hydroxyl groups excluding tert-OH is 3. The van der Waals surface area contributed by atoms with Crippen molar-refractivity contribution in [3.63, 3.8) is 0 Å². The third-order valence-electron chi connectivity index (χ3n) is 3.04. The van der Waals surface area contributed by atoms with E-state index >= 15 is 0 Å². The molecule has 100 valence electrons. The number of hydrogen-bond donors (Lipinski definition) is 3. The van der Waals surface area contributed by atoms with Gasteiger partial charge in [-0.05, 0) is 6.92 Å². The van der Waals surface area contributed by atoms with Gasteiger partial charge >= 0.3 is 0 Å². The lowest BCUT2D eigenvalue weighted by atomic mass is 10.2. The van der Waals surface area contributed by atoms with Gasteiger partial charge in [-0.15, -0.1) is 0 Å². The van der Waals surface area contributed by atoms with Crippen molar-refractivity contribution in [1.29, 1.82) is 0 Å².